The summed E-state index contributed by atoms with van der Waals surface area (Å²) in [5, 5.41) is 4.49. The Morgan fingerprint density at radius 3 is 3.06 bits per heavy atom. The monoisotopic (exact) mass is 240 g/mol. The number of rotatable bonds is 4. The van der Waals surface area contributed by atoms with Crippen molar-refractivity contribution in [3.05, 3.63) is 15.6 Å². The normalized spacial score (nSPS) is 21.2. The maximum absolute atomic E-state index is 5.53. The average Bonchev–Trinajstić information content (AvgIpc) is 2.74. The largest absolute Gasteiger partial charge is 0.381 e. The van der Waals surface area contributed by atoms with E-state index in [1.165, 1.54) is 28.4 Å². The smallest absolute Gasteiger partial charge is 0.0985 e. The molecule has 0 saturated carbocycles. The zero-order chi connectivity index (χ0) is 11.4. The van der Waals surface area contributed by atoms with Crippen molar-refractivity contribution in [2.45, 2.75) is 38.6 Å². The standard InChI is InChI=1S/C12H20N2OS/c1-3-10-11(7-13-2)16-12(14-10)9-5-4-6-15-8-9/h9,13H,3-8H2,1-2H3. The van der Waals surface area contributed by atoms with E-state index in [-0.39, 0.29) is 0 Å². The summed E-state index contributed by atoms with van der Waals surface area (Å²) in [6.45, 7) is 4.89. The van der Waals surface area contributed by atoms with Gasteiger partial charge in [-0.2, -0.15) is 0 Å². The van der Waals surface area contributed by atoms with Crippen LogP contribution in [0.1, 0.15) is 41.3 Å². The highest BCUT2D eigenvalue weighted by molar-refractivity contribution is 7.11. The van der Waals surface area contributed by atoms with Crippen LogP contribution in [0.3, 0.4) is 0 Å². The molecule has 1 unspecified atom stereocenters. The van der Waals surface area contributed by atoms with Crippen LogP contribution in [0.2, 0.25) is 0 Å². The van der Waals surface area contributed by atoms with Gasteiger partial charge in [0.05, 0.1) is 17.3 Å². The number of nitrogens with zero attached hydrogens (tertiary/aromatic N) is 1. The second kappa shape index (κ2) is 5.75. The lowest BCUT2D eigenvalue weighted by Gasteiger charge is -2.19. The van der Waals surface area contributed by atoms with Gasteiger partial charge in [0.1, 0.15) is 0 Å². The first-order valence-electron chi connectivity index (χ1n) is 6.06. The minimum atomic E-state index is 0.537. The van der Waals surface area contributed by atoms with Crippen LogP contribution in [0, 0.1) is 0 Å². The zero-order valence-electron chi connectivity index (χ0n) is 10.1. The fourth-order valence-corrected chi connectivity index (χ4v) is 3.37. The first kappa shape index (κ1) is 12.0. The Bertz CT molecular complexity index is 332. The molecule has 3 nitrogen and oxygen atoms in total. The van der Waals surface area contributed by atoms with Gasteiger partial charge in [0.15, 0.2) is 0 Å². The molecule has 4 heteroatoms. The van der Waals surface area contributed by atoms with E-state index in [1.807, 2.05) is 18.4 Å². The highest BCUT2D eigenvalue weighted by atomic mass is 32.1. The SMILES string of the molecule is CCc1nc(C2CCCOC2)sc1CNC. The van der Waals surface area contributed by atoms with Gasteiger partial charge in [0.2, 0.25) is 0 Å². The van der Waals surface area contributed by atoms with Crippen LogP contribution in [-0.2, 0) is 17.7 Å². The molecule has 2 heterocycles. The van der Waals surface area contributed by atoms with Crippen molar-refractivity contribution in [1.29, 1.82) is 0 Å². The van der Waals surface area contributed by atoms with Crippen molar-refractivity contribution in [3.8, 4) is 0 Å². The molecule has 0 aromatic carbocycles. The summed E-state index contributed by atoms with van der Waals surface area (Å²) in [6.07, 6.45) is 3.43. The summed E-state index contributed by atoms with van der Waals surface area (Å²) in [5.41, 5.74) is 1.26. The predicted octanol–water partition coefficient (Wildman–Crippen LogP) is 2.32. The highest BCUT2D eigenvalue weighted by Crippen LogP contribution is 2.31. The number of thiazole rings is 1. The molecule has 1 N–H and O–H groups in total. The molecule has 1 fully saturated rings. The molecule has 1 saturated heterocycles. The summed E-state index contributed by atoms with van der Waals surface area (Å²) >= 11 is 1.86. The predicted molar refractivity (Wildman–Crippen MR) is 67.0 cm³/mol. The van der Waals surface area contributed by atoms with Crippen molar-refractivity contribution in [2.75, 3.05) is 20.3 Å². The van der Waals surface area contributed by atoms with Crippen LogP contribution >= 0.6 is 11.3 Å². The number of hydrogen-bond acceptors (Lipinski definition) is 4. The molecule has 0 aliphatic carbocycles. The van der Waals surface area contributed by atoms with E-state index in [0.29, 0.717) is 5.92 Å². The molecule has 16 heavy (non-hydrogen) atoms. The lowest BCUT2D eigenvalue weighted by atomic mass is 10.0. The number of ether oxygens (including phenoxy) is 1. The molecular weight excluding hydrogens is 220 g/mol. The van der Waals surface area contributed by atoms with Crippen molar-refractivity contribution in [3.63, 3.8) is 0 Å². The van der Waals surface area contributed by atoms with Gasteiger partial charge in [-0.05, 0) is 26.3 Å². The van der Waals surface area contributed by atoms with E-state index in [4.69, 9.17) is 9.72 Å². The van der Waals surface area contributed by atoms with Gasteiger partial charge < -0.3 is 10.1 Å². The molecular formula is C12H20N2OS. The van der Waals surface area contributed by atoms with Gasteiger partial charge in [0, 0.05) is 23.9 Å². The van der Waals surface area contributed by atoms with E-state index in [0.717, 1.165) is 26.2 Å². The van der Waals surface area contributed by atoms with E-state index >= 15 is 0 Å². The maximum Gasteiger partial charge on any atom is 0.0985 e. The minimum absolute atomic E-state index is 0.537. The Balaban J connectivity index is 2.14. The topological polar surface area (TPSA) is 34.1 Å². The highest BCUT2D eigenvalue weighted by Gasteiger charge is 2.21. The summed E-state index contributed by atoms with van der Waals surface area (Å²) < 4.78 is 5.53. The Hall–Kier alpha value is -0.450. The summed E-state index contributed by atoms with van der Waals surface area (Å²) in [4.78, 5) is 6.16. The number of aryl methyl sites for hydroxylation is 1. The van der Waals surface area contributed by atoms with Crippen molar-refractivity contribution < 1.29 is 4.74 Å². The van der Waals surface area contributed by atoms with Gasteiger partial charge in [-0.25, -0.2) is 4.98 Å². The van der Waals surface area contributed by atoms with E-state index < -0.39 is 0 Å². The Morgan fingerprint density at radius 2 is 2.44 bits per heavy atom. The molecule has 0 spiro atoms. The average molecular weight is 240 g/mol. The minimum Gasteiger partial charge on any atom is -0.381 e. The molecule has 1 atom stereocenters. The Labute approximate surface area is 101 Å². The van der Waals surface area contributed by atoms with E-state index in [9.17, 15) is 0 Å². The molecule has 1 aromatic heterocycles. The molecule has 1 aliphatic rings. The van der Waals surface area contributed by atoms with Crippen molar-refractivity contribution >= 4 is 11.3 Å². The van der Waals surface area contributed by atoms with E-state index in [1.54, 1.807) is 0 Å². The third-order valence-electron chi connectivity index (χ3n) is 2.98. The van der Waals surface area contributed by atoms with Crippen LogP contribution in [0.25, 0.3) is 0 Å². The first-order chi connectivity index (χ1) is 7.85. The van der Waals surface area contributed by atoms with Gasteiger partial charge in [-0.1, -0.05) is 6.92 Å². The van der Waals surface area contributed by atoms with Crippen LogP contribution < -0.4 is 5.32 Å². The van der Waals surface area contributed by atoms with Gasteiger partial charge in [-0.15, -0.1) is 11.3 Å². The molecule has 1 aromatic rings. The van der Waals surface area contributed by atoms with Crippen LogP contribution in [0.15, 0.2) is 0 Å². The van der Waals surface area contributed by atoms with Crippen molar-refractivity contribution in [2.24, 2.45) is 0 Å². The molecule has 0 bridgehead atoms. The second-order valence-corrected chi connectivity index (χ2v) is 5.34. The first-order valence-corrected chi connectivity index (χ1v) is 6.87. The maximum atomic E-state index is 5.53. The van der Waals surface area contributed by atoms with Crippen molar-refractivity contribution in [1.82, 2.24) is 10.3 Å². The lowest BCUT2D eigenvalue weighted by molar-refractivity contribution is 0.0803. The molecule has 0 amide bonds. The van der Waals surface area contributed by atoms with E-state index in [2.05, 4.69) is 12.2 Å². The zero-order valence-corrected chi connectivity index (χ0v) is 10.9. The Kier molecular flexibility index (Phi) is 4.32. The molecule has 1 aliphatic heterocycles. The third kappa shape index (κ3) is 2.62. The number of nitrogens with one attached hydrogen (secondary N) is 1. The van der Waals surface area contributed by atoms with Gasteiger partial charge >= 0.3 is 0 Å². The molecule has 2 rings (SSSR count). The second-order valence-electron chi connectivity index (χ2n) is 4.22. The number of aromatic nitrogens is 1. The third-order valence-corrected chi connectivity index (χ3v) is 4.24. The fraction of sp³-hybridized carbons (Fsp3) is 0.750. The van der Waals surface area contributed by atoms with Crippen LogP contribution in [0.4, 0.5) is 0 Å². The summed E-state index contributed by atoms with van der Waals surface area (Å²) in [5.74, 6) is 0.537. The molecule has 90 valence electrons. The number of hydrogen-bond donors (Lipinski definition) is 1. The van der Waals surface area contributed by atoms with Crippen LogP contribution in [-0.4, -0.2) is 25.2 Å². The summed E-state index contributed by atoms with van der Waals surface area (Å²) in [7, 11) is 1.99. The van der Waals surface area contributed by atoms with Crippen LogP contribution in [0.5, 0.6) is 0 Å². The van der Waals surface area contributed by atoms with Gasteiger partial charge in [-0.3, -0.25) is 0 Å². The van der Waals surface area contributed by atoms with Gasteiger partial charge in [0.25, 0.3) is 0 Å². The quantitative estimate of drug-likeness (QED) is 0.877. The Morgan fingerprint density at radius 1 is 1.56 bits per heavy atom. The fourth-order valence-electron chi connectivity index (χ4n) is 2.09. The summed E-state index contributed by atoms with van der Waals surface area (Å²) in [6, 6.07) is 0. The lowest BCUT2D eigenvalue weighted by Crippen LogP contribution is -2.15. The molecule has 0 radical (unpaired) electrons.